The predicted octanol–water partition coefficient (Wildman–Crippen LogP) is 3.47. The molecule has 114 valence electrons. The Kier molecular flexibility index (Phi) is 6.70. The van der Waals surface area contributed by atoms with Gasteiger partial charge in [0, 0.05) is 31.3 Å². The average Bonchev–Trinajstić information content (AvgIpc) is 2.34. The fourth-order valence-electron chi connectivity index (χ4n) is 1.58. The largest absolute Gasteiger partial charge is 0.389 e. The number of halogens is 3. The molecule has 0 bridgehead atoms. The van der Waals surface area contributed by atoms with E-state index in [1.165, 1.54) is 0 Å². The standard InChI is InChI=1S/C13H20F3N3O/c1-3-6-17-11-8-10(2)18-12(19-11)9-20-7-4-5-13(14,15)16/h8H,3-7,9H2,1-2H3,(H,17,18,19). The first-order valence-corrected chi connectivity index (χ1v) is 6.63. The molecule has 20 heavy (non-hydrogen) atoms. The Morgan fingerprint density at radius 3 is 2.70 bits per heavy atom. The highest BCUT2D eigenvalue weighted by atomic mass is 19.4. The molecule has 0 unspecified atom stereocenters. The van der Waals surface area contributed by atoms with Crippen LogP contribution in [0.25, 0.3) is 0 Å². The van der Waals surface area contributed by atoms with Crippen LogP contribution in [0.2, 0.25) is 0 Å². The summed E-state index contributed by atoms with van der Waals surface area (Å²) in [5, 5.41) is 3.14. The summed E-state index contributed by atoms with van der Waals surface area (Å²) in [7, 11) is 0. The number of nitrogens with one attached hydrogen (secondary N) is 1. The molecule has 0 aliphatic carbocycles. The first-order chi connectivity index (χ1) is 9.40. The highest BCUT2D eigenvalue weighted by Gasteiger charge is 2.25. The molecule has 0 fully saturated rings. The third-order valence-electron chi connectivity index (χ3n) is 2.44. The summed E-state index contributed by atoms with van der Waals surface area (Å²) in [6, 6.07) is 1.82. The molecule has 0 aliphatic heterocycles. The molecule has 0 saturated heterocycles. The van der Waals surface area contributed by atoms with Gasteiger partial charge in [-0.2, -0.15) is 13.2 Å². The highest BCUT2D eigenvalue weighted by molar-refractivity contribution is 5.35. The Morgan fingerprint density at radius 1 is 1.30 bits per heavy atom. The van der Waals surface area contributed by atoms with Gasteiger partial charge in [-0.15, -0.1) is 0 Å². The Hall–Kier alpha value is -1.37. The maximum atomic E-state index is 11.9. The summed E-state index contributed by atoms with van der Waals surface area (Å²) in [4.78, 5) is 8.44. The van der Waals surface area contributed by atoms with Crippen molar-refractivity contribution in [3.8, 4) is 0 Å². The lowest BCUT2D eigenvalue weighted by molar-refractivity contribution is -0.138. The summed E-state index contributed by atoms with van der Waals surface area (Å²) in [6.07, 6.45) is -4.02. The van der Waals surface area contributed by atoms with Gasteiger partial charge in [-0.3, -0.25) is 0 Å². The minimum absolute atomic E-state index is 0.0454. The molecule has 1 N–H and O–H groups in total. The molecule has 0 saturated carbocycles. The van der Waals surface area contributed by atoms with E-state index in [1.54, 1.807) is 0 Å². The Balaban J connectivity index is 2.37. The quantitative estimate of drug-likeness (QED) is 0.745. The van der Waals surface area contributed by atoms with Crippen LogP contribution in [-0.4, -0.2) is 29.3 Å². The van der Waals surface area contributed by atoms with Gasteiger partial charge in [-0.25, -0.2) is 9.97 Å². The van der Waals surface area contributed by atoms with E-state index in [-0.39, 0.29) is 19.6 Å². The molecule has 4 nitrogen and oxygen atoms in total. The van der Waals surface area contributed by atoms with E-state index in [2.05, 4.69) is 15.3 Å². The number of aryl methyl sites for hydroxylation is 1. The van der Waals surface area contributed by atoms with Crippen molar-refractivity contribution in [2.45, 2.75) is 45.9 Å². The maximum Gasteiger partial charge on any atom is 0.389 e. The molecule has 0 amide bonds. The minimum atomic E-state index is -4.12. The van der Waals surface area contributed by atoms with Gasteiger partial charge in [0.1, 0.15) is 12.4 Å². The van der Waals surface area contributed by atoms with E-state index in [1.807, 2.05) is 19.9 Å². The predicted molar refractivity (Wildman–Crippen MR) is 70.5 cm³/mol. The van der Waals surface area contributed by atoms with Crippen LogP contribution in [0.3, 0.4) is 0 Å². The topological polar surface area (TPSA) is 47.0 Å². The van der Waals surface area contributed by atoms with Crippen LogP contribution < -0.4 is 5.32 Å². The van der Waals surface area contributed by atoms with Crippen LogP contribution >= 0.6 is 0 Å². The van der Waals surface area contributed by atoms with Gasteiger partial charge in [0.05, 0.1) is 0 Å². The van der Waals surface area contributed by atoms with E-state index in [0.29, 0.717) is 11.6 Å². The van der Waals surface area contributed by atoms with Crippen LogP contribution in [0.5, 0.6) is 0 Å². The fourth-order valence-corrected chi connectivity index (χ4v) is 1.58. The Bertz CT molecular complexity index is 410. The number of alkyl halides is 3. The third-order valence-corrected chi connectivity index (χ3v) is 2.44. The lowest BCUT2D eigenvalue weighted by Crippen LogP contribution is -2.10. The number of rotatable bonds is 8. The lowest BCUT2D eigenvalue weighted by atomic mass is 10.3. The lowest BCUT2D eigenvalue weighted by Gasteiger charge is -2.09. The second-order valence-electron chi connectivity index (χ2n) is 4.51. The number of aromatic nitrogens is 2. The van der Waals surface area contributed by atoms with Crippen LogP contribution in [-0.2, 0) is 11.3 Å². The van der Waals surface area contributed by atoms with Gasteiger partial charge in [-0.1, -0.05) is 6.92 Å². The first kappa shape index (κ1) is 16.7. The summed E-state index contributed by atoms with van der Waals surface area (Å²) in [6.45, 7) is 4.87. The van der Waals surface area contributed by atoms with E-state index >= 15 is 0 Å². The molecule has 0 aliphatic rings. The van der Waals surface area contributed by atoms with Crippen LogP contribution in [0, 0.1) is 6.92 Å². The smallest absolute Gasteiger partial charge is 0.373 e. The summed E-state index contributed by atoms with van der Waals surface area (Å²) < 4.78 is 41.0. The van der Waals surface area contributed by atoms with Crippen LogP contribution in [0.15, 0.2) is 6.07 Å². The minimum Gasteiger partial charge on any atom is -0.373 e. The van der Waals surface area contributed by atoms with Gasteiger partial charge in [-0.05, 0) is 19.8 Å². The van der Waals surface area contributed by atoms with Crippen molar-refractivity contribution in [2.24, 2.45) is 0 Å². The number of nitrogens with zero attached hydrogens (tertiary/aromatic N) is 2. The molecule has 1 aromatic heterocycles. The van der Waals surface area contributed by atoms with Gasteiger partial charge in [0.15, 0.2) is 5.82 Å². The van der Waals surface area contributed by atoms with E-state index < -0.39 is 12.6 Å². The van der Waals surface area contributed by atoms with E-state index in [4.69, 9.17) is 4.74 Å². The molecular formula is C13H20F3N3O. The van der Waals surface area contributed by atoms with Crippen molar-refractivity contribution >= 4 is 5.82 Å². The normalized spacial score (nSPS) is 11.7. The van der Waals surface area contributed by atoms with Gasteiger partial charge in [0.2, 0.25) is 0 Å². The number of ether oxygens (including phenoxy) is 1. The summed E-state index contributed by atoms with van der Waals surface area (Å²) >= 11 is 0. The highest BCUT2D eigenvalue weighted by Crippen LogP contribution is 2.21. The zero-order chi connectivity index (χ0) is 15.0. The van der Waals surface area contributed by atoms with Gasteiger partial charge < -0.3 is 10.1 Å². The van der Waals surface area contributed by atoms with Crippen molar-refractivity contribution in [1.29, 1.82) is 0 Å². The summed E-state index contributed by atoms with van der Waals surface area (Å²) in [5.41, 5.74) is 0.799. The van der Waals surface area contributed by atoms with Gasteiger partial charge in [0.25, 0.3) is 0 Å². The molecule has 7 heteroatoms. The van der Waals surface area contributed by atoms with Gasteiger partial charge >= 0.3 is 6.18 Å². The molecule has 1 rings (SSSR count). The Labute approximate surface area is 116 Å². The van der Waals surface area contributed by atoms with Crippen molar-refractivity contribution < 1.29 is 17.9 Å². The van der Waals surface area contributed by atoms with Crippen molar-refractivity contribution in [2.75, 3.05) is 18.5 Å². The second-order valence-corrected chi connectivity index (χ2v) is 4.51. The second kappa shape index (κ2) is 8.04. The average molecular weight is 291 g/mol. The molecular weight excluding hydrogens is 271 g/mol. The molecule has 0 radical (unpaired) electrons. The monoisotopic (exact) mass is 291 g/mol. The van der Waals surface area contributed by atoms with Crippen molar-refractivity contribution in [3.63, 3.8) is 0 Å². The van der Waals surface area contributed by atoms with Crippen LogP contribution in [0.1, 0.15) is 37.7 Å². The van der Waals surface area contributed by atoms with Crippen molar-refractivity contribution in [1.82, 2.24) is 9.97 Å². The van der Waals surface area contributed by atoms with E-state index in [0.717, 1.165) is 18.7 Å². The first-order valence-electron chi connectivity index (χ1n) is 6.63. The molecule has 1 heterocycles. The number of hydrogen-bond acceptors (Lipinski definition) is 4. The number of hydrogen-bond donors (Lipinski definition) is 1. The Morgan fingerprint density at radius 2 is 2.05 bits per heavy atom. The molecule has 1 aromatic rings. The number of anilines is 1. The van der Waals surface area contributed by atoms with Crippen molar-refractivity contribution in [3.05, 3.63) is 17.6 Å². The zero-order valence-corrected chi connectivity index (χ0v) is 11.8. The zero-order valence-electron chi connectivity index (χ0n) is 11.8. The fraction of sp³-hybridized carbons (Fsp3) is 0.692. The third kappa shape index (κ3) is 7.28. The SMILES string of the molecule is CCCNc1cc(C)nc(COCCCC(F)(F)F)n1. The maximum absolute atomic E-state index is 11.9. The summed E-state index contributed by atoms with van der Waals surface area (Å²) in [5.74, 6) is 1.20. The molecule has 0 spiro atoms. The molecule has 0 atom stereocenters. The molecule has 0 aromatic carbocycles. The van der Waals surface area contributed by atoms with Crippen LogP contribution in [0.4, 0.5) is 19.0 Å². The van der Waals surface area contributed by atoms with E-state index in [9.17, 15) is 13.2 Å².